The Morgan fingerprint density at radius 1 is 1.31 bits per heavy atom. The van der Waals surface area contributed by atoms with Gasteiger partial charge in [0.25, 0.3) is 0 Å². The van der Waals surface area contributed by atoms with E-state index in [0.29, 0.717) is 9.90 Å². The first-order valence-electron chi connectivity index (χ1n) is 4.37. The van der Waals surface area contributed by atoms with Gasteiger partial charge in [0.2, 0.25) is 0 Å². The van der Waals surface area contributed by atoms with E-state index in [9.17, 15) is 9.90 Å². The summed E-state index contributed by atoms with van der Waals surface area (Å²) in [5, 5.41) is 16.0. The number of carbonyl (C=O) groups is 1. The summed E-state index contributed by atoms with van der Waals surface area (Å²) in [6.45, 7) is 0. The van der Waals surface area contributed by atoms with Crippen molar-refractivity contribution in [3.05, 3.63) is 43.2 Å². The number of rotatable bonds is 3. The Kier molecular flexibility index (Phi) is 3.43. The number of carboxylic acid groups (broad SMARTS) is 1. The van der Waals surface area contributed by atoms with Crippen LogP contribution in [0.5, 0.6) is 0 Å². The van der Waals surface area contributed by atoms with Crippen LogP contribution >= 0.6 is 34.3 Å². The Morgan fingerprint density at radius 3 is 2.69 bits per heavy atom. The highest BCUT2D eigenvalue weighted by molar-refractivity contribution is 7.14. The van der Waals surface area contributed by atoms with Gasteiger partial charge in [0, 0.05) is 16.5 Å². The molecule has 0 saturated carbocycles. The molecule has 2 rings (SSSR count). The fraction of sp³-hybridized carbons (Fsp3) is 0. The molecule has 0 aliphatic carbocycles. The topological polar surface area (TPSA) is 40.1 Å². The zero-order valence-electron chi connectivity index (χ0n) is 7.98. The molecule has 0 bridgehead atoms. The van der Waals surface area contributed by atoms with Crippen LogP contribution in [0.2, 0.25) is 4.34 Å². The van der Waals surface area contributed by atoms with Crippen LogP contribution in [0, 0.1) is 0 Å². The van der Waals surface area contributed by atoms with Gasteiger partial charge in [-0.25, -0.2) is 0 Å². The Morgan fingerprint density at radius 2 is 2.06 bits per heavy atom. The van der Waals surface area contributed by atoms with E-state index in [1.807, 2.05) is 11.4 Å². The van der Waals surface area contributed by atoms with Crippen LogP contribution in [-0.2, 0) is 0 Å². The smallest absolute Gasteiger partial charge is 0.100 e. The van der Waals surface area contributed by atoms with E-state index in [1.165, 1.54) is 22.7 Å². The Labute approximate surface area is 105 Å². The molecule has 0 aliphatic heterocycles. The van der Waals surface area contributed by atoms with Gasteiger partial charge in [0.05, 0.1) is 5.97 Å². The highest BCUT2D eigenvalue weighted by atomic mass is 35.5. The number of carboxylic acids is 1. The molecule has 0 spiro atoms. The van der Waals surface area contributed by atoms with E-state index in [2.05, 4.69) is 0 Å². The van der Waals surface area contributed by atoms with E-state index in [-0.39, 0.29) is 5.56 Å². The van der Waals surface area contributed by atoms with Gasteiger partial charge in [-0.05, 0) is 22.4 Å². The lowest BCUT2D eigenvalue weighted by Gasteiger charge is -1.99. The van der Waals surface area contributed by atoms with Crippen molar-refractivity contribution >= 4 is 52.4 Å². The molecule has 2 aromatic heterocycles. The van der Waals surface area contributed by atoms with Crippen LogP contribution in [-0.4, -0.2) is 5.97 Å². The fourth-order valence-electron chi connectivity index (χ4n) is 1.20. The van der Waals surface area contributed by atoms with Gasteiger partial charge >= 0.3 is 0 Å². The van der Waals surface area contributed by atoms with Crippen molar-refractivity contribution in [3.63, 3.8) is 0 Å². The minimum Gasteiger partial charge on any atom is -0.545 e. The molecule has 0 fully saturated rings. The van der Waals surface area contributed by atoms with Crippen LogP contribution in [0.15, 0.2) is 22.2 Å². The van der Waals surface area contributed by atoms with E-state index < -0.39 is 5.97 Å². The minimum absolute atomic E-state index is 0.215. The van der Waals surface area contributed by atoms with Crippen molar-refractivity contribution in [2.24, 2.45) is 0 Å². The first-order chi connectivity index (χ1) is 7.68. The van der Waals surface area contributed by atoms with E-state index in [1.54, 1.807) is 22.9 Å². The van der Waals surface area contributed by atoms with Crippen LogP contribution in [0.4, 0.5) is 0 Å². The predicted molar refractivity (Wildman–Crippen MR) is 66.9 cm³/mol. The van der Waals surface area contributed by atoms with Crippen molar-refractivity contribution < 1.29 is 9.90 Å². The molecule has 2 heterocycles. The zero-order valence-corrected chi connectivity index (χ0v) is 10.4. The highest BCUT2D eigenvalue weighted by Crippen LogP contribution is 2.25. The second-order valence-electron chi connectivity index (χ2n) is 3.01. The molecule has 0 atom stereocenters. The molecule has 0 unspecified atom stereocenters. The lowest BCUT2D eigenvalue weighted by molar-refractivity contribution is -0.255. The largest absolute Gasteiger partial charge is 0.545 e. The number of hydrogen-bond donors (Lipinski definition) is 0. The fourth-order valence-corrected chi connectivity index (χ4v) is 2.88. The van der Waals surface area contributed by atoms with Gasteiger partial charge in [-0.3, -0.25) is 0 Å². The van der Waals surface area contributed by atoms with Crippen molar-refractivity contribution in [1.82, 2.24) is 0 Å². The van der Waals surface area contributed by atoms with Gasteiger partial charge in [0.1, 0.15) is 4.34 Å². The first kappa shape index (κ1) is 11.4. The number of aromatic carboxylic acids is 1. The molecule has 0 N–H and O–H groups in total. The van der Waals surface area contributed by atoms with Crippen molar-refractivity contribution in [3.8, 4) is 0 Å². The third-order valence-electron chi connectivity index (χ3n) is 2.00. The number of thiophene rings is 2. The van der Waals surface area contributed by atoms with Crippen molar-refractivity contribution in [2.45, 2.75) is 0 Å². The summed E-state index contributed by atoms with van der Waals surface area (Å²) >= 11 is 8.70. The number of carbonyl (C=O) groups excluding carboxylic acids is 1. The molecule has 82 valence electrons. The summed E-state index contributed by atoms with van der Waals surface area (Å²) in [5.41, 5.74) is 1.75. The second-order valence-corrected chi connectivity index (χ2v) is 5.27. The van der Waals surface area contributed by atoms with Gasteiger partial charge in [0.15, 0.2) is 0 Å². The van der Waals surface area contributed by atoms with Gasteiger partial charge in [-0.2, -0.15) is 11.3 Å². The SMILES string of the molecule is O=C([O-])c1cscc1/C=C/c1ccsc1Cl. The summed E-state index contributed by atoms with van der Waals surface area (Å²) in [6.07, 6.45) is 3.53. The van der Waals surface area contributed by atoms with Crippen LogP contribution in [0.25, 0.3) is 12.2 Å². The quantitative estimate of drug-likeness (QED) is 0.859. The molecular formula is C11H6ClO2S2-. The Bertz CT molecular complexity index is 540. The van der Waals surface area contributed by atoms with Gasteiger partial charge in [-0.1, -0.05) is 23.8 Å². The lowest BCUT2D eigenvalue weighted by Crippen LogP contribution is -2.22. The maximum atomic E-state index is 10.7. The third kappa shape index (κ3) is 2.35. The molecule has 16 heavy (non-hydrogen) atoms. The van der Waals surface area contributed by atoms with E-state index in [4.69, 9.17) is 11.6 Å². The zero-order chi connectivity index (χ0) is 11.5. The Balaban J connectivity index is 2.27. The average Bonchev–Trinajstić information content (AvgIpc) is 2.83. The number of halogens is 1. The summed E-state index contributed by atoms with van der Waals surface area (Å²) in [6, 6.07) is 1.88. The van der Waals surface area contributed by atoms with Gasteiger partial charge < -0.3 is 9.90 Å². The van der Waals surface area contributed by atoms with E-state index >= 15 is 0 Å². The van der Waals surface area contributed by atoms with Crippen molar-refractivity contribution in [1.29, 1.82) is 0 Å². The summed E-state index contributed by atoms with van der Waals surface area (Å²) < 4.78 is 0.696. The van der Waals surface area contributed by atoms with Crippen LogP contribution in [0.3, 0.4) is 0 Å². The normalized spacial score (nSPS) is 11.1. The number of hydrogen-bond acceptors (Lipinski definition) is 4. The molecule has 0 aromatic carbocycles. The predicted octanol–water partition coefficient (Wildman–Crippen LogP) is 3.00. The lowest BCUT2D eigenvalue weighted by atomic mass is 10.1. The maximum Gasteiger partial charge on any atom is 0.100 e. The molecule has 0 amide bonds. The summed E-state index contributed by atoms with van der Waals surface area (Å²) in [4.78, 5) is 10.7. The van der Waals surface area contributed by atoms with Crippen LogP contribution < -0.4 is 5.11 Å². The highest BCUT2D eigenvalue weighted by Gasteiger charge is 2.02. The molecule has 0 aliphatic rings. The second kappa shape index (κ2) is 4.82. The third-order valence-corrected chi connectivity index (χ3v) is 3.96. The Hall–Kier alpha value is -1.10. The molecule has 5 heteroatoms. The first-order valence-corrected chi connectivity index (χ1v) is 6.57. The van der Waals surface area contributed by atoms with Crippen molar-refractivity contribution in [2.75, 3.05) is 0 Å². The molecule has 2 nitrogen and oxygen atoms in total. The van der Waals surface area contributed by atoms with Gasteiger partial charge in [-0.15, -0.1) is 11.3 Å². The maximum absolute atomic E-state index is 10.7. The summed E-state index contributed by atoms with van der Waals surface area (Å²) in [7, 11) is 0. The average molecular weight is 270 g/mol. The molecular weight excluding hydrogens is 264 g/mol. The monoisotopic (exact) mass is 269 g/mol. The standard InChI is InChI=1S/C11H7ClO2S2/c12-10-7(3-4-16-10)1-2-8-5-15-6-9(8)11(13)14/h1-6H,(H,13,14)/p-1/b2-1+. The summed E-state index contributed by atoms with van der Waals surface area (Å²) in [5.74, 6) is -1.16. The van der Waals surface area contributed by atoms with E-state index in [0.717, 1.165) is 5.56 Å². The van der Waals surface area contributed by atoms with Crippen LogP contribution in [0.1, 0.15) is 21.5 Å². The minimum atomic E-state index is -1.16. The molecule has 0 radical (unpaired) electrons. The molecule has 2 aromatic rings. The molecule has 0 saturated heterocycles.